The van der Waals surface area contributed by atoms with Crippen LogP contribution in [0.15, 0.2) is 18.2 Å². The van der Waals surface area contributed by atoms with E-state index in [2.05, 4.69) is 12.2 Å². The van der Waals surface area contributed by atoms with Crippen molar-refractivity contribution in [1.29, 1.82) is 0 Å². The predicted molar refractivity (Wildman–Crippen MR) is 68.9 cm³/mol. The lowest BCUT2D eigenvalue weighted by molar-refractivity contribution is -0.385. The van der Waals surface area contributed by atoms with Crippen LogP contribution in [-0.4, -0.2) is 11.5 Å². The highest BCUT2D eigenvalue weighted by Crippen LogP contribution is 2.19. The van der Waals surface area contributed by atoms with Gasteiger partial charge in [0, 0.05) is 18.2 Å². The molecule has 1 rings (SSSR count). The molecule has 0 aliphatic carbocycles. The maximum absolute atomic E-state index is 13.0. The maximum atomic E-state index is 13.0. The summed E-state index contributed by atoms with van der Waals surface area (Å²) < 4.78 is 13.0. The number of unbranched alkanes of at least 4 members (excludes halogenated alkanes) is 3. The second-order valence-electron chi connectivity index (χ2n) is 4.27. The third-order valence-corrected chi connectivity index (χ3v) is 2.76. The number of nitrogens with zero attached hydrogens (tertiary/aromatic N) is 1. The Morgan fingerprint density at radius 1 is 1.33 bits per heavy atom. The lowest BCUT2D eigenvalue weighted by Crippen LogP contribution is -2.15. The number of nitrogens with one attached hydrogen (secondary N) is 1. The zero-order chi connectivity index (χ0) is 13.4. The van der Waals surface area contributed by atoms with Gasteiger partial charge in [0.1, 0.15) is 5.82 Å². The molecule has 0 heterocycles. The summed E-state index contributed by atoms with van der Waals surface area (Å²) in [6.07, 6.45) is 4.56. The number of halogens is 1. The Morgan fingerprint density at radius 3 is 2.78 bits per heavy atom. The Hall–Kier alpha value is -1.49. The van der Waals surface area contributed by atoms with Crippen LogP contribution >= 0.6 is 0 Å². The smallest absolute Gasteiger partial charge is 0.274 e. The molecule has 0 bridgehead atoms. The zero-order valence-corrected chi connectivity index (χ0v) is 10.6. The van der Waals surface area contributed by atoms with Gasteiger partial charge in [-0.3, -0.25) is 10.1 Å². The van der Waals surface area contributed by atoms with Gasteiger partial charge < -0.3 is 5.32 Å². The van der Waals surface area contributed by atoms with Gasteiger partial charge in [-0.05, 0) is 25.1 Å². The SMILES string of the molecule is CCCCCCNCc1cc(F)ccc1[N+](=O)[O-]. The summed E-state index contributed by atoms with van der Waals surface area (Å²) in [7, 11) is 0. The molecule has 0 aromatic heterocycles. The van der Waals surface area contributed by atoms with Crippen molar-refractivity contribution in [2.24, 2.45) is 0 Å². The van der Waals surface area contributed by atoms with E-state index < -0.39 is 10.7 Å². The molecule has 0 saturated heterocycles. The van der Waals surface area contributed by atoms with Crippen LogP contribution in [0.2, 0.25) is 0 Å². The molecule has 0 amide bonds. The van der Waals surface area contributed by atoms with Crippen LogP contribution in [0.4, 0.5) is 10.1 Å². The Balaban J connectivity index is 2.45. The largest absolute Gasteiger partial charge is 0.312 e. The first-order valence-electron chi connectivity index (χ1n) is 6.28. The summed E-state index contributed by atoms with van der Waals surface area (Å²) >= 11 is 0. The summed E-state index contributed by atoms with van der Waals surface area (Å²) in [4.78, 5) is 10.3. The average molecular weight is 254 g/mol. The summed E-state index contributed by atoms with van der Waals surface area (Å²) in [6, 6.07) is 3.55. The van der Waals surface area contributed by atoms with Crippen LogP contribution in [-0.2, 0) is 6.54 Å². The van der Waals surface area contributed by atoms with Crippen LogP contribution in [0.3, 0.4) is 0 Å². The molecule has 1 N–H and O–H groups in total. The van der Waals surface area contributed by atoms with Gasteiger partial charge in [0.05, 0.1) is 4.92 Å². The Labute approximate surface area is 106 Å². The van der Waals surface area contributed by atoms with E-state index in [1.54, 1.807) is 0 Å². The molecule has 5 heteroatoms. The molecule has 0 atom stereocenters. The first kappa shape index (κ1) is 14.6. The molecule has 4 nitrogen and oxygen atoms in total. The molecular weight excluding hydrogens is 235 g/mol. The van der Waals surface area contributed by atoms with E-state index in [-0.39, 0.29) is 5.69 Å². The van der Waals surface area contributed by atoms with Crippen molar-refractivity contribution in [1.82, 2.24) is 5.32 Å². The molecule has 0 aliphatic heterocycles. The van der Waals surface area contributed by atoms with Crippen molar-refractivity contribution >= 4 is 5.69 Å². The third kappa shape index (κ3) is 4.79. The van der Waals surface area contributed by atoms with Crippen LogP contribution in [0.1, 0.15) is 38.2 Å². The number of rotatable bonds is 8. The average Bonchev–Trinajstić information content (AvgIpc) is 2.33. The lowest BCUT2D eigenvalue weighted by Gasteiger charge is -2.05. The number of nitro benzene ring substituents is 1. The number of hydrogen-bond acceptors (Lipinski definition) is 3. The molecule has 0 aliphatic rings. The van der Waals surface area contributed by atoms with E-state index in [1.165, 1.54) is 25.0 Å². The number of hydrogen-bond donors (Lipinski definition) is 1. The minimum absolute atomic E-state index is 0.0301. The molecule has 1 aromatic rings. The van der Waals surface area contributed by atoms with Crippen molar-refractivity contribution in [2.75, 3.05) is 6.54 Å². The minimum Gasteiger partial charge on any atom is -0.312 e. The van der Waals surface area contributed by atoms with Gasteiger partial charge in [-0.2, -0.15) is 0 Å². The second-order valence-corrected chi connectivity index (χ2v) is 4.27. The maximum Gasteiger partial charge on any atom is 0.274 e. The highest BCUT2D eigenvalue weighted by molar-refractivity contribution is 5.40. The molecular formula is C13H19FN2O2. The van der Waals surface area contributed by atoms with Gasteiger partial charge in [0.25, 0.3) is 5.69 Å². The fourth-order valence-corrected chi connectivity index (χ4v) is 1.77. The first-order valence-corrected chi connectivity index (χ1v) is 6.28. The van der Waals surface area contributed by atoms with E-state index in [1.807, 2.05) is 0 Å². The summed E-state index contributed by atoms with van der Waals surface area (Å²) in [6.45, 7) is 3.28. The fourth-order valence-electron chi connectivity index (χ4n) is 1.77. The van der Waals surface area contributed by atoms with E-state index in [0.29, 0.717) is 12.1 Å². The lowest BCUT2D eigenvalue weighted by atomic mass is 10.1. The van der Waals surface area contributed by atoms with E-state index in [9.17, 15) is 14.5 Å². The van der Waals surface area contributed by atoms with Crippen molar-refractivity contribution in [2.45, 2.75) is 39.2 Å². The van der Waals surface area contributed by atoms with Gasteiger partial charge in [0.2, 0.25) is 0 Å². The molecule has 0 fully saturated rings. The predicted octanol–water partition coefficient (Wildman–Crippen LogP) is 3.40. The van der Waals surface area contributed by atoms with Crippen LogP contribution in [0.25, 0.3) is 0 Å². The van der Waals surface area contributed by atoms with E-state index >= 15 is 0 Å². The summed E-state index contributed by atoms with van der Waals surface area (Å²) in [5, 5.41) is 13.9. The molecule has 18 heavy (non-hydrogen) atoms. The number of nitro groups is 1. The van der Waals surface area contributed by atoms with Gasteiger partial charge in [-0.25, -0.2) is 4.39 Å². The topological polar surface area (TPSA) is 55.2 Å². The number of benzene rings is 1. The molecule has 100 valence electrons. The van der Waals surface area contributed by atoms with Crippen molar-refractivity contribution in [3.8, 4) is 0 Å². The monoisotopic (exact) mass is 254 g/mol. The summed E-state index contributed by atoms with van der Waals surface area (Å²) in [5.41, 5.74) is 0.368. The quantitative estimate of drug-likeness (QED) is 0.439. The molecule has 0 saturated carbocycles. The first-order chi connectivity index (χ1) is 8.65. The third-order valence-electron chi connectivity index (χ3n) is 2.76. The van der Waals surface area contributed by atoms with Crippen LogP contribution in [0, 0.1) is 15.9 Å². The van der Waals surface area contributed by atoms with Gasteiger partial charge in [0.15, 0.2) is 0 Å². The normalized spacial score (nSPS) is 10.6. The minimum atomic E-state index is -0.479. The Morgan fingerprint density at radius 2 is 2.11 bits per heavy atom. The molecule has 1 aromatic carbocycles. The van der Waals surface area contributed by atoms with Gasteiger partial charge in [-0.1, -0.05) is 26.2 Å². The Kier molecular flexibility index (Phi) is 6.28. The highest BCUT2D eigenvalue weighted by Gasteiger charge is 2.13. The van der Waals surface area contributed by atoms with Crippen molar-refractivity contribution in [3.05, 3.63) is 39.7 Å². The standard InChI is InChI=1S/C13H19FN2O2/c1-2-3-4-5-8-15-10-11-9-12(14)6-7-13(11)16(17)18/h6-7,9,15H,2-5,8,10H2,1H3. The van der Waals surface area contributed by atoms with Crippen LogP contribution < -0.4 is 5.32 Å². The second kappa shape index (κ2) is 7.76. The zero-order valence-electron chi connectivity index (χ0n) is 10.6. The van der Waals surface area contributed by atoms with Crippen molar-refractivity contribution in [3.63, 3.8) is 0 Å². The van der Waals surface area contributed by atoms with Gasteiger partial charge in [-0.15, -0.1) is 0 Å². The van der Waals surface area contributed by atoms with E-state index in [0.717, 1.165) is 25.5 Å². The Bertz CT molecular complexity index is 397. The van der Waals surface area contributed by atoms with Crippen molar-refractivity contribution < 1.29 is 9.31 Å². The highest BCUT2D eigenvalue weighted by atomic mass is 19.1. The van der Waals surface area contributed by atoms with Gasteiger partial charge >= 0.3 is 0 Å². The molecule has 0 spiro atoms. The molecule has 0 radical (unpaired) electrons. The van der Waals surface area contributed by atoms with E-state index in [4.69, 9.17) is 0 Å². The van der Waals surface area contributed by atoms with Crippen LogP contribution in [0.5, 0.6) is 0 Å². The fraction of sp³-hybridized carbons (Fsp3) is 0.538. The summed E-state index contributed by atoms with van der Waals surface area (Å²) in [5.74, 6) is -0.441. The molecule has 0 unspecified atom stereocenters.